The van der Waals surface area contributed by atoms with Gasteiger partial charge in [0.2, 0.25) is 5.91 Å². The summed E-state index contributed by atoms with van der Waals surface area (Å²) in [5.74, 6) is -0.0589. The Hall–Kier alpha value is -1.90. The summed E-state index contributed by atoms with van der Waals surface area (Å²) in [6.07, 6.45) is 2.52. The number of piperidine rings is 1. The lowest BCUT2D eigenvalue weighted by Crippen LogP contribution is -2.50. The SMILES string of the molecule is O=C1CSC(=O)N1Cc1cccc(C(=O)N2CCCCC2C2OCCO2)c1. The average molecular weight is 390 g/mol. The molecule has 0 bridgehead atoms. The lowest BCUT2D eigenvalue weighted by Gasteiger charge is -2.38. The third-order valence-electron chi connectivity index (χ3n) is 5.13. The smallest absolute Gasteiger partial charge is 0.289 e. The van der Waals surface area contributed by atoms with Gasteiger partial charge in [0, 0.05) is 12.1 Å². The minimum absolute atomic E-state index is 0.0610. The number of imide groups is 1. The van der Waals surface area contributed by atoms with E-state index in [-0.39, 0.29) is 41.7 Å². The highest BCUT2D eigenvalue weighted by Gasteiger charge is 2.36. The van der Waals surface area contributed by atoms with E-state index < -0.39 is 0 Å². The van der Waals surface area contributed by atoms with Crippen molar-refractivity contribution in [2.24, 2.45) is 0 Å². The first-order valence-electron chi connectivity index (χ1n) is 9.24. The van der Waals surface area contributed by atoms with Crippen molar-refractivity contribution < 1.29 is 23.9 Å². The molecule has 144 valence electrons. The lowest BCUT2D eigenvalue weighted by atomic mass is 9.99. The van der Waals surface area contributed by atoms with Crippen LogP contribution in [0.2, 0.25) is 0 Å². The predicted octanol–water partition coefficient (Wildman–Crippen LogP) is 2.25. The van der Waals surface area contributed by atoms with Crippen LogP contribution in [0.1, 0.15) is 35.2 Å². The number of carbonyl (C=O) groups excluding carboxylic acids is 3. The average Bonchev–Trinajstić information content (AvgIpc) is 3.34. The molecule has 3 saturated heterocycles. The summed E-state index contributed by atoms with van der Waals surface area (Å²) < 4.78 is 11.3. The number of hydrogen-bond donors (Lipinski definition) is 0. The molecule has 3 fully saturated rings. The highest BCUT2D eigenvalue weighted by atomic mass is 32.2. The Morgan fingerprint density at radius 2 is 2.00 bits per heavy atom. The van der Waals surface area contributed by atoms with Crippen molar-refractivity contribution in [3.05, 3.63) is 35.4 Å². The van der Waals surface area contributed by atoms with Crippen LogP contribution >= 0.6 is 11.8 Å². The second-order valence-electron chi connectivity index (χ2n) is 6.91. The first-order valence-corrected chi connectivity index (χ1v) is 10.2. The number of rotatable bonds is 4. The summed E-state index contributed by atoms with van der Waals surface area (Å²) in [5.41, 5.74) is 1.33. The molecular weight excluding hydrogens is 368 g/mol. The fourth-order valence-corrected chi connectivity index (χ4v) is 4.50. The number of likely N-dealkylation sites (tertiary alicyclic amines) is 1. The summed E-state index contributed by atoms with van der Waals surface area (Å²) in [6.45, 7) is 2.00. The van der Waals surface area contributed by atoms with Crippen LogP contribution < -0.4 is 0 Å². The van der Waals surface area contributed by atoms with Crippen molar-refractivity contribution in [3.8, 4) is 0 Å². The van der Waals surface area contributed by atoms with Gasteiger partial charge < -0.3 is 14.4 Å². The van der Waals surface area contributed by atoms with E-state index in [0.717, 1.165) is 36.6 Å². The van der Waals surface area contributed by atoms with E-state index in [2.05, 4.69) is 0 Å². The highest BCUT2D eigenvalue weighted by Crippen LogP contribution is 2.27. The van der Waals surface area contributed by atoms with Gasteiger partial charge in [0.1, 0.15) is 0 Å². The second-order valence-corrected chi connectivity index (χ2v) is 7.83. The summed E-state index contributed by atoms with van der Waals surface area (Å²) in [7, 11) is 0. The van der Waals surface area contributed by atoms with E-state index in [9.17, 15) is 14.4 Å². The molecule has 0 N–H and O–H groups in total. The quantitative estimate of drug-likeness (QED) is 0.785. The molecule has 3 heterocycles. The van der Waals surface area contributed by atoms with Crippen LogP contribution in [0.4, 0.5) is 4.79 Å². The van der Waals surface area contributed by atoms with Crippen molar-refractivity contribution in [1.29, 1.82) is 0 Å². The number of ether oxygens (including phenoxy) is 2. The number of amides is 3. The molecule has 0 aromatic heterocycles. The van der Waals surface area contributed by atoms with Crippen LogP contribution in [-0.2, 0) is 20.8 Å². The first kappa shape index (κ1) is 18.5. The first-order chi connectivity index (χ1) is 13.1. The molecule has 8 heteroatoms. The molecule has 27 heavy (non-hydrogen) atoms. The minimum Gasteiger partial charge on any atom is -0.348 e. The van der Waals surface area contributed by atoms with E-state index in [0.29, 0.717) is 25.3 Å². The van der Waals surface area contributed by atoms with Crippen LogP contribution in [-0.4, -0.2) is 64.7 Å². The van der Waals surface area contributed by atoms with Crippen molar-refractivity contribution in [3.63, 3.8) is 0 Å². The van der Waals surface area contributed by atoms with Crippen molar-refractivity contribution in [2.45, 2.75) is 38.1 Å². The minimum atomic E-state index is -0.352. The molecule has 1 atom stereocenters. The van der Waals surface area contributed by atoms with Crippen LogP contribution in [0.3, 0.4) is 0 Å². The Kier molecular flexibility index (Phi) is 5.47. The van der Waals surface area contributed by atoms with Crippen molar-refractivity contribution in [2.75, 3.05) is 25.5 Å². The Bertz CT molecular complexity index is 733. The molecule has 3 aliphatic rings. The van der Waals surface area contributed by atoms with Crippen LogP contribution in [0, 0.1) is 0 Å². The summed E-state index contributed by atoms with van der Waals surface area (Å²) in [6, 6.07) is 7.10. The molecule has 0 spiro atoms. The lowest BCUT2D eigenvalue weighted by molar-refractivity contribution is -0.125. The topological polar surface area (TPSA) is 76.2 Å². The number of benzene rings is 1. The van der Waals surface area contributed by atoms with Crippen LogP contribution in [0.15, 0.2) is 24.3 Å². The third kappa shape index (κ3) is 3.88. The van der Waals surface area contributed by atoms with Crippen LogP contribution in [0.5, 0.6) is 0 Å². The van der Waals surface area contributed by atoms with E-state index >= 15 is 0 Å². The molecular formula is C19H22N2O5S. The Balaban J connectivity index is 1.51. The molecule has 3 amide bonds. The van der Waals surface area contributed by atoms with E-state index in [1.165, 1.54) is 4.90 Å². The molecule has 0 radical (unpaired) electrons. The molecule has 7 nitrogen and oxygen atoms in total. The maximum absolute atomic E-state index is 13.1. The largest absolute Gasteiger partial charge is 0.348 e. The van der Waals surface area contributed by atoms with Gasteiger partial charge in [0.15, 0.2) is 6.29 Å². The van der Waals surface area contributed by atoms with Crippen molar-refractivity contribution in [1.82, 2.24) is 9.80 Å². The number of hydrogen-bond acceptors (Lipinski definition) is 6. The van der Waals surface area contributed by atoms with Crippen LogP contribution in [0.25, 0.3) is 0 Å². The van der Waals surface area contributed by atoms with Gasteiger partial charge in [-0.25, -0.2) is 0 Å². The van der Waals surface area contributed by atoms with E-state index in [1.54, 1.807) is 18.2 Å². The zero-order chi connectivity index (χ0) is 18.8. The molecule has 4 rings (SSSR count). The molecule has 1 aromatic rings. The molecule has 1 aromatic carbocycles. The number of thioether (sulfide) groups is 1. The molecule has 3 aliphatic heterocycles. The molecule has 0 saturated carbocycles. The highest BCUT2D eigenvalue weighted by molar-refractivity contribution is 8.14. The van der Waals surface area contributed by atoms with E-state index in [4.69, 9.17) is 9.47 Å². The van der Waals surface area contributed by atoms with E-state index in [1.807, 2.05) is 11.0 Å². The van der Waals surface area contributed by atoms with Gasteiger partial charge in [0.05, 0.1) is 31.6 Å². The number of carbonyl (C=O) groups is 3. The summed E-state index contributed by atoms with van der Waals surface area (Å²) in [4.78, 5) is 39.9. The van der Waals surface area contributed by atoms with Gasteiger partial charge in [-0.3, -0.25) is 19.3 Å². The maximum Gasteiger partial charge on any atom is 0.289 e. The summed E-state index contributed by atoms with van der Waals surface area (Å²) >= 11 is 1.01. The fourth-order valence-electron chi connectivity index (χ4n) is 3.78. The Morgan fingerprint density at radius 1 is 1.19 bits per heavy atom. The van der Waals surface area contributed by atoms with Gasteiger partial charge in [-0.05, 0) is 37.0 Å². The van der Waals surface area contributed by atoms with Gasteiger partial charge in [-0.2, -0.15) is 0 Å². The van der Waals surface area contributed by atoms with Gasteiger partial charge in [0.25, 0.3) is 11.1 Å². The third-order valence-corrected chi connectivity index (χ3v) is 5.99. The van der Waals surface area contributed by atoms with Crippen molar-refractivity contribution >= 4 is 28.8 Å². The molecule has 1 unspecified atom stereocenters. The fraction of sp³-hybridized carbons (Fsp3) is 0.526. The monoisotopic (exact) mass is 390 g/mol. The van der Waals surface area contributed by atoms with Gasteiger partial charge >= 0.3 is 0 Å². The Labute approximate surface area is 162 Å². The normalized spacial score (nSPS) is 24.1. The number of nitrogens with zero attached hydrogens (tertiary/aromatic N) is 2. The standard InChI is InChI=1S/C19H22N2O5S/c22-16-12-27-19(24)21(16)11-13-4-3-5-14(10-13)17(23)20-7-2-1-6-15(20)18-25-8-9-26-18/h3-5,10,15,18H,1-2,6-9,11-12H2. The zero-order valence-electron chi connectivity index (χ0n) is 15.0. The zero-order valence-corrected chi connectivity index (χ0v) is 15.8. The van der Waals surface area contributed by atoms with Gasteiger partial charge in [-0.15, -0.1) is 0 Å². The second kappa shape index (κ2) is 8.00. The maximum atomic E-state index is 13.1. The van der Waals surface area contributed by atoms with Gasteiger partial charge in [-0.1, -0.05) is 23.9 Å². The summed E-state index contributed by atoms with van der Waals surface area (Å²) in [5, 5.41) is -0.233. The predicted molar refractivity (Wildman–Crippen MR) is 99.2 cm³/mol. The molecule has 0 aliphatic carbocycles. The Morgan fingerprint density at radius 3 is 2.74 bits per heavy atom.